The lowest BCUT2D eigenvalue weighted by Crippen LogP contribution is -2.60. The van der Waals surface area contributed by atoms with Crippen LogP contribution in [0.5, 0.6) is 0 Å². The minimum Gasteiger partial charge on any atom is -0.394 e. The van der Waals surface area contributed by atoms with E-state index in [2.05, 4.69) is 31.6 Å². The molecule has 0 bridgehead atoms. The Balaban J connectivity index is 3.15. The number of carbonyl (C=O) groups is 6. The Morgan fingerprint density at radius 1 is 0.720 bits per heavy atom. The van der Waals surface area contributed by atoms with Crippen molar-refractivity contribution in [3.8, 4) is 0 Å². The molecule has 0 unspecified atom stereocenters. The predicted octanol–water partition coefficient (Wildman–Crippen LogP) is -1.27. The number of hydrogen-bond acceptors (Lipinski definition) is 9. The largest absolute Gasteiger partial charge is 0.394 e. The number of nitrogens with two attached hydrogens (primary N) is 3. The van der Waals surface area contributed by atoms with Crippen molar-refractivity contribution in [2.24, 2.45) is 34.0 Å². The Labute approximate surface area is 294 Å². The molecule has 0 saturated carbocycles. The van der Waals surface area contributed by atoms with Gasteiger partial charge in [-0.1, -0.05) is 58.0 Å². The summed E-state index contributed by atoms with van der Waals surface area (Å²) in [7, 11) is 0. The van der Waals surface area contributed by atoms with Gasteiger partial charge in [-0.25, -0.2) is 0 Å². The highest BCUT2D eigenvalue weighted by molar-refractivity contribution is 5.97. The first kappa shape index (κ1) is 43.5. The number of Topliss-reactive ketones (excluding diaryl/α,β-unsaturated/α-hetero) is 1. The van der Waals surface area contributed by atoms with Gasteiger partial charge in [-0.3, -0.25) is 33.8 Å². The van der Waals surface area contributed by atoms with E-state index in [1.807, 2.05) is 30.3 Å². The molecule has 16 heteroatoms. The third kappa shape index (κ3) is 16.2. The molecule has 50 heavy (non-hydrogen) atoms. The van der Waals surface area contributed by atoms with Crippen LogP contribution < -0.4 is 43.8 Å². The quantitative estimate of drug-likeness (QED) is 0.0370. The lowest BCUT2D eigenvalue weighted by Gasteiger charge is -2.28. The number of carbonyl (C=O) groups excluding carboxylic acids is 6. The van der Waals surface area contributed by atoms with E-state index in [1.54, 1.807) is 27.7 Å². The van der Waals surface area contributed by atoms with E-state index in [-0.39, 0.29) is 37.0 Å². The zero-order valence-electron chi connectivity index (χ0n) is 29.9. The molecule has 0 saturated heterocycles. The van der Waals surface area contributed by atoms with Crippen LogP contribution in [0.4, 0.5) is 0 Å². The summed E-state index contributed by atoms with van der Waals surface area (Å²) < 4.78 is 0. The van der Waals surface area contributed by atoms with Crippen molar-refractivity contribution in [3.63, 3.8) is 0 Å². The normalized spacial score (nSPS) is 14.0. The van der Waals surface area contributed by atoms with Crippen molar-refractivity contribution in [3.05, 3.63) is 35.9 Å². The number of guanidine groups is 1. The number of amides is 5. The maximum absolute atomic E-state index is 13.6. The molecule has 12 N–H and O–H groups in total. The summed E-state index contributed by atoms with van der Waals surface area (Å²) in [6.07, 6.45) is 2.08. The van der Waals surface area contributed by atoms with Crippen LogP contribution >= 0.6 is 0 Å². The van der Waals surface area contributed by atoms with Gasteiger partial charge in [0.2, 0.25) is 29.5 Å². The van der Waals surface area contributed by atoms with Gasteiger partial charge in [0.15, 0.2) is 11.7 Å². The third-order valence-electron chi connectivity index (χ3n) is 7.79. The van der Waals surface area contributed by atoms with Crippen LogP contribution in [0.2, 0.25) is 0 Å². The summed E-state index contributed by atoms with van der Waals surface area (Å²) >= 11 is 0. The molecule has 0 aliphatic heterocycles. The van der Waals surface area contributed by atoms with Gasteiger partial charge < -0.3 is 48.9 Å². The number of hydrogen-bond donors (Lipinski definition) is 9. The maximum Gasteiger partial charge on any atom is 0.245 e. The summed E-state index contributed by atoms with van der Waals surface area (Å²) in [5.74, 6) is -4.49. The van der Waals surface area contributed by atoms with Crippen LogP contribution in [0.1, 0.15) is 72.3 Å². The molecule has 0 radical (unpaired) electrons. The fourth-order valence-corrected chi connectivity index (χ4v) is 5.04. The summed E-state index contributed by atoms with van der Waals surface area (Å²) in [5.41, 5.74) is 17.2. The molecule has 0 spiro atoms. The minimum absolute atomic E-state index is 0.0880. The van der Waals surface area contributed by atoms with Crippen LogP contribution in [0.25, 0.3) is 0 Å². The molecule has 280 valence electrons. The number of aliphatic hydroxyl groups is 1. The number of rotatable bonds is 23. The molecule has 16 nitrogen and oxygen atoms in total. The highest BCUT2D eigenvalue weighted by atomic mass is 16.3. The molecule has 0 aliphatic rings. The van der Waals surface area contributed by atoms with E-state index >= 15 is 0 Å². The van der Waals surface area contributed by atoms with E-state index in [0.29, 0.717) is 32.2 Å². The van der Waals surface area contributed by atoms with Gasteiger partial charge in [-0.2, -0.15) is 0 Å². The van der Waals surface area contributed by atoms with Crippen LogP contribution in [0, 0.1) is 11.8 Å². The van der Waals surface area contributed by atoms with E-state index in [9.17, 15) is 33.9 Å². The smallest absolute Gasteiger partial charge is 0.245 e. The standard InChI is InChI=1S/C34H57N9O7/c1-20(2)28(33(50)42-27(19-44)32(49)41-26(29(46)21(3)4)18-23-12-7-6-8-13-23)43-31(48)25(15-11-17-38-34(36)37)40-30(47)24(39-22(5)45)14-9-10-16-35/h6-8,12-13,20-21,24-28,44H,9-11,14-19,35H2,1-5H3,(H,39,45)(H,40,47)(H,41,49)(H,42,50)(H,43,48)(H4,36,37,38)/t24-,25-,26-,27-,28-/m0/s1. The van der Waals surface area contributed by atoms with Crippen molar-refractivity contribution in [1.29, 1.82) is 0 Å². The number of benzene rings is 1. The van der Waals surface area contributed by atoms with Crippen LogP contribution in [-0.2, 0) is 35.2 Å². The Bertz CT molecular complexity index is 1290. The number of nitrogens with one attached hydrogen (secondary N) is 5. The average molecular weight is 704 g/mol. The average Bonchev–Trinajstić information content (AvgIpc) is 3.05. The molecule has 5 amide bonds. The zero-order chi connectivity index (χ0) is 37.8. The van der Waals surface area contributed by atoms with E-state index in [4.69, 9.17) is 17.2 Å². The second-order valence-electron chi connectivity index (χ2n) is 12.8. The second kappa shape index (κ2) is 22.9. The zero-order valence-corrected chi connectivity index (χ0v) is 29.9. The van der Waals surface area contributed by atoms with Gasteiger partial charge in [0.05, 0.1) is 12.6 Å². The Kier molecular flexibility index (Phi) is 19.9. The van der Waals surface area contributed by atoms with E-state index < -0.39 is 72.3 Å². The lowest BCUT2D eigenvalue weighted by molar-refractivity contribution is -0.136. The Morgan fingerprint density at radius 2 is 1.26 bits per heavy atom. The van der Waals surface area contributed by atoms with E-state index in [1.165, 1.54) is 6.92 Å². The predicted molar refractivity (Wildman–Crippen MR) is 190 cm³/mol. The van der Waals surface area contributed by atoms with Crippen molar-refractivity contribution in [1.82, 2.24) is 26.6 Å². The molecule has 0 aliphatic carbocycles. The summed E-state index contributed by atoms with van der Waals surface area (Å²) in [6.45, 7) is 7.85. The number of nitrogens with zero attached hydrogens (tertiary/aromatic N) is 1. The summed E-state index contributed by atoms with van der Waals surface area (Å²) in [5, 5.41) is 23.2. The molecule has 1 aromatic rings. The van der Waals surface area contributed by atoms with Gasteiger partial charge in [0, 0.05) is 19.4 Å². The highest BCUT2D eigenvalue weighted by Crippen LogP contribution is 2.11. The number of ketones is 1. The lowest BCUT2D eigenvalue weighted by atomic mass is 9.95. The topological polar surface area (TPSA) is 273 Å². The molecule has 5 atom stereocenters. The van der Waals surface area contributed by atoms with Gasteiger partial charge in [-0.05, 0) is 56.6 Å². The van der Waals surface area contributed by atoms with Crippen LogP contribution in [-0.4, -0.2) is 96.3 Å². The van der Waals surface area contributed by atoms with Crippen molar-refractivity contribution < 1.29 is 33.9 Å². The first-order valence-electron chi connectivity index (χ1n) is 17.0. The summed E-state index contributed by atoms with van der Waals surface area (Å²) in [4.78, 5) is 82.3. The maximum atomic E-state index is 13.6. The summed E-state index contributed by atoms with van der Waals surface area (Å²) in [6, 6.07) is 3.53. The fraction of sp³-hybridized carbons (Fsp3) is 0.618. The first-order chi connectivity index (χ1) is 23.6. The first-order valence-corrected chi connectivity index (χ1v) is 17.0. The molecule has 1 aromatic carbocycles. The monoisotopic (exact) mass is 703 g/mol. The molecule has 0 heterocycles. The third-order valence-corrected chi connectivity index (χ3v) is 7.79. The highest BCUT2D eigenvalue weighted by Gasteiger charge is 2.33. The minimum atomic E-state index is -1.43. The van der Waals surface area contributed by atoms with Gasteiger partial charge in [0.25, 0.3) is 0 Å². The Morgan fingerprint density at radius 3 is 1.80 bits per heavy atom. The number of aliphatic hydroxyl groups excluding tert-OH is 1. The van der Waals surface area contributed by atoms with Crippen LogP contribution in [0.3, 0.4) is 0 Å². The Hall–Kier alpha value is -4.57. The SMILES string of the molecule is CC(=O)N[C@@H](CCCCN)C(=O)N[C@@H](CCCN=C(N)N)C(=O)N[C@H](C(=O)N[C@@H](CO)C(=O)N[C@@H](Cc1ccccc1)C(=O)C(C)C)C(C)C. The van der Waals surface area contributed by atoms with Crippen molar-refractivity contribution in [2.45, 2.75) is 103 Å². The van der Waals surface area contributed by atoms with Crippen molar-refractivity contribution in [2.75, 3.05) is 19.7 Å². The molecular weight excluding hydrogens is 646 g/mol. The number of aliphatic imine (C=N–C) groups is 1. The van der Waals surface area contributed by atoms with E-state index in [0.717, 1.165) is 5.56 Å². The second-order valence-corrected chi connectivity index (χ2v) is 12.8. The van der Waals surface area contributed by atoms with Crippen molar-refractivity contribution >= 4 is 41.3 Å². The van der Waals surface area contributed by atoms with Gasteiger partial charge >= 0.3 is 0 Å². The van der Waals surface area contributed by atoms with Gasteiger partial charge in [0.1, 0.15) is 24.2 Å². The molecule has 0 aromatic heterocycles. The number of unbranched alkanes of at least 4 members (excludes halogenated alkanes) is 1. The molecule has 1 rings (SSSR count). The van der Waals surface area contributed by atoms with Crippen LogP contribution in [0.15, 0.2) is 35.3 Å². The molecule has 0 fully saturated rings. The fourth-order valence-electron chi connectivity index (χ4n) is 5.04. The molecular formula is C34H57N9O7. The van der Waals surface area contributed by atoms with Gasteiger partial charge in [-0.15, -0.1) is 0 Å².